The topological polar surface area (TPSA) is 72.4 Å². The summed E-state index contributed by atoms with van der Waals surface area (Å²) in [5, 5.41) is 5.62. The molecular formula is C10H9F3N4O. The number of halogens is 3. The lowest BCUT2D eigenvalue weighted by molar-refractivity contribution is -0.123. The van der Waals surface area contributed by atoms with Crippen LogP contribution in [0.25, 0.3) is 5.52 Å². The summed E-state index contributed by atoms with van der Waals surface area (Å²) in [5.74, 6) is -0.840. The van der Waals surface area contributed by atoms with E-state index in [1.807, 2.05) is 0 Å². The Hall–Kier alpha value is -2.25. The Kier molecular flexibility index (Phi) is 2.85. The van der Waals surface area contributed by atoms with Gasteiger partial charge in [0.25, 0.3) is 5.91 Å². The Bertz CT molecular complexity index is 590. The number of fused-ring (bicyclic) bond motifs is 1. The van der Waals surface area contributed by atoms with Crippen LogP contribution in [0.5, 0.6) is 0 Å². The Morgan fingerprint density at radius 1 is 1.50 bits per heavy atom. The Balaban J connectivity index is 2.25. The van der Waals surface area contributed by atoms with Gasteiger partial charge in [0.15, 0.2) is 0 Å². The van der Waals surface area contributed by atoms with Gasteiger partial charge >= 0.3 is 6.18 Å². The minimum absolute atomic E-state index is 0.0477. The zero-order valence-corrected chi connectivity index (χ0v) is 9.03. The Labute approximate surface area is 99.4 Å². The summed E-state index contributed by atoms with van der Waals surface area (Å²) in [4.78, 5) is 11.6. The van der Waals surface area contributed by atoms with Crippen LogP contribution in [0.4, 0.5) is 18.9 Å². The molecule has 0 aromatic carbocycles. The molecule has 0 radical (unpaired) electrons. The first kappa shape index (κ1) is 12.2. The quantitative estimate of drug-likeness (QED) is 0.850. The van der Waals surface area contributed by atoms with Gasteiger partial charge in [-0.3, -0.25) is 4.79 Å². The molecule has 2 aromatic rings. The van der Waals surface area contributed by atoms with Crippen molar-refractivity contribution in [2.45, 2.75) is 6.18 Å². The highest BCUT2D eigenvalue weighted by Gasteiger charge is 2.28. The molecule has 0 aliphatic carbocycles. The van der Waals surface area contributed by atoms with Gasteiger partial charge in [0.1, 0.15) is 6.54 Å². The number of alkyl halides is 3. The Morgan fingerprint density at radius 2 is 2.22 bits per heavy atom. The molecule has 0 atom stereocenters. The highest BCUT2D eigenvalue weighted by molar-refractivity contribution is 6.00. The summed E-state index contributed by atoms with van der Waals surface area (Å²) in [7, 11) is 0. The molecule has 0 unspecified atom stereocenters. The number of carbonyl (C=O) groups is 1. The molecule has 5 nitrogen and oxygen atoms in total. The minimum Gasteiger partial charge on any atom is -0.399 e. The maximum Gasteiger partial charge on any atom is 0.405 e. The molecule has 0 aliphatic heterocycles. The van der Waals surface area contributed by atoms with E-state index in [0.717, 1.165) is 0 Å². The van der Waals surface area contributed by atoms with Crippen molar-refractivity contribution in [1.29, 1.82) is 0 Å². The normalized spacial score (nSPS) is 11.7. The average molecular weight is 258 g/mol. The minimum atomic E-state index is -4.45. The summed E-state index contributed by atoms with van der Waals surface area (Å²) in [6, 6.07) is 3.03. The van der Waals surface area contributed by atoms with Crippen molar-refractivity contribution in [3.05, 3.63) is 30.1 Å². The second-order valence-corrected chi connectivity index (χ2v) is 3.65. The van der Waals surface area contributed by atoms with E-state index in [0.29, 0.717) is 11.2 Å². The number of hydrogen-bond donors (Lipinski definition) is 2. The third-order valence-electron chi connectivity index (χ3n) is 2.24. The molecule has 8 heteroatoms. The van der Waals surface area contributed by atoms with E-state index < -0.39 is 18.6 Å². The lowest BCUT2D eigenvalue weighted by Gasteiger charge is -2.07. The van der Waals surface area contributed by atoms with Crippen molar-refractivity contribution in [2.24, 2.45) is 0 Å². The lowest BCUT2D eigenvalue weighted by Crippen LogP contribution is -2.33. The maximum atomic E-state index is 12.0. The van der Waals surface area contributed by atoms with Gasteiger partial charge in [-0.1, -0.05) is 0 Å². The Morgan fingerprint density at radius 3 is 2.89 bits per heavy atom. The molecule has 96 valence electrons. The number of nitrogens with zero attached hydrogens (tertiary/aromatic N) is 2. The van der Waals surface area contributed by atoms with E-state index in [1.54, 1.807) is 11.4 Å². The first-order valence-electron chi connectivity index (χ1n) is 4.94. The van der Waals surface area contributed by atoms with Gasteiger partial charge in [0, 0.05) is 11.9 Å². The summed E-state index contributed by atoms with van der Waals surface area (Å²) < 4.78 is 37.3. The van der Waals surface area contributed by atoms with Gasteiger partial charge in [0.2, 0.25) is 0 Å². The molecule has 18 heavy (non-hydrogen) atoms. The highest BCUT2D eigenvalue weighted by Crippen LogP contribution is 2.15. The van der Waals surface area contributed by atoms with E-state index in [-0.39, 0.29) is 5.56 Å². The molecule has 0 aliphatic rings. The first-order chi connectivity index (χ1) is 8.37. The fourth-order valence-electron chi connectivity index (χ4n) is 1.45. The number of nitrogens with two attached hydrogens (primary N) is 1. The van der Waals surface area contributed by atoms with Crippen LogP contribution in [0, 0.1) is 0 Å². The standard InChI is InChI=1S/C10H9F3N4O/c11-10(12,13)5-15-9(18)7-4-16-17-2-1-6(14)3-8(7)17/h1-4H,5,14H2,(H,15,18). The number of rotatable bonds is 2. The van der Waals surface area contributed by atoms with Gasteiger partial charge in [0.05, 0.1) is 17.3 Å². The van der Waals surface area contributed by atoms with Crippen LogP contribution in [0.15, 0.2) is 24.5 Å². The molecule has 3 N–H and O–H groups in total. The third kappa shape index (κ3) is 2.53. The summed E-state index contributed by atoms with van der Waals surface area (Å²) in [6.45, 7) is -1.38. The second kappa shape index (κ2) is 4.21. The zero-order valence-electron chi connectivity index (χ0n) is 9.03. The predicted molar refractivity (Wildman–Crippen MR) is 58.0 cm³/mol. The molecule has 0 spiro atoms. The van der Waals surface area contributed by atoms with Crippen LogP contribution in [0.3, 0.4) is 0 Å². The van der Waals surface area contributed by atoms with Crippen LogP contribution in [0.1, 0.15) is 10.4 Å². The number of pyridine rings is 1. The summed E-state index contributed by atoms with van der Waals surface area (Å²) >= 11 is 0. The molecule has 1 amide bonds. The number of anilines is 1. The number of nitrogen functional groups attached to an aromatic ring is 1. The highest BCUT2D eigenvalue weighted by atomic mass is 19.4. The largest absolute Gasteiger partial charge is 0.405 e. The number of carbonyl (C=O) groups excluding carboxylic acids is 1. The molecule has 0 saturated heterocycles. The van der Waals surface area contributed by atoms with Crippen molar-refractivity contribution in [3.8, 4) is 0 Å². The second-order valence-electron chi connectivity index (χ2n) is 3.65. The van der Waals surface area contributed by atoms with Crippen molar-refractivity contribution >= 4 is 17.1 Å². The van der Waals surface area contributed by atoms with Gasteiger partial charge in [-0.25, -0.2) is 4.52 Å². The summed E-state index contributed by atoms with van der Waals surface area (Å²) in [5.41, 5.74) is 6.34. The predicted octanol–water partition coefficient (Wildman–Crippen LogP) is 1.21. The van der Waals surface area contributed by atoms with Gasteiger partial charge in [-0.15, -0.1) is 0 Å². The molecule has 2 aromatic heterocycles. The summed E-state index contributed by atoms with van der Waals surface area (Å²) in [6.07, 6.45) is -1.73. The number of aromatic nitrogens is 2. The SMILES string of the molecule is Nc1ccn2ncc(C(=O)NCC(F)(F)F)c2c1. The molecule has 2 rings (SSSR count). The van der Waals surface area contributed by atoms with Crippen LogP contribution >= 0.6 is 0 Å². The van der Waals surface area contributed by atoms with Crippen LogP contribution < -0.4 is 11.1 Å². The van der Waals surface area contributed by atoms with Gasteiger partial charge in [-0.05, 0) is 12.1 Å². The zero-order chi connectivity index (χ0) is 13.3. The smallest absolute Gasteiger partial charge is 0.399 e. The molecule has 0 fully saturated rings. The third-order valence-corrected chi connectivity index (χ3v) is 2.24. The number of nitrogens with one attached hydrogen (secondary N) is 1. The number of amides is 1. The average Bonchev–Trinajstić information content (AvgIpc) is 2.67. The fourth-order valence-corrected chi connectivity index (χ4v) is 1.45. The van der Waals surface area contributed by atoms with Crippen LogP contribution in [0.2, 0.25) is 0 Å². The van der Waals surface area contributed by atoms with Crippen molar-refractivity contribution in [3.63, 3.8) is 0 Å². The molecular weight excluding hydrogens is 249 g/mol. The van der Waals surface area contributed by atoms with E-state index in [2.05, 4.69) is 5.10 Å². The molecule has 2 heterocycles. The number of hydrogen-bond acceptors (Lipinski definition) is 3. The van der Waals surface area contributed by atoms with Crippen molar-refractivity contribution in [1.82, 2.24) is 14.9 Å². The van der Waals surface area contributed by atoms with Crippen molar-refractivity contribution in [2.75, 3.05) is 12.3 Å². The monoisotopic (exact) mass is 258 g/mol. The first-order valence-corrected chi connectivity index (χ1v) is 4.94. The van der Waals surface area contributed by atoms with E-state index in [9.17, 15) is 18.0 Å². The lowest BCUT2D eigenvalue weighted by atomic mass is 10.2. The molecule has 0 saturated carbocycles. The van der Waals surface area contributed by atoms with E-state index >= 15 is 0 Å². The van der Waals surface area contributed by atoms with Crippen LogP contribution in [-0.2, 0) is 0 Å². The van der Waals surface area contributed by atoms with Crippen LogP contribution in [-0.4, -0.2) is 28.2 Å². The van der Waals surface area contributed by atoms with Crippen molar-refractivity contribution < 1.29 is 18.0 Å². The van der Waals surface area contributed by atoms with Gasteiger partial charge in [-0.2, -0.15) is 18.3 Å². The van der Waals surface area contributed by atoms with E-state index in [1.165, 1.54) is 23.0 Å². The molecule has 0 bridgehead atoms. The fraction of sp³-hybridized carbons (Fsp3) is 0.200. The van der Waals surface area contributed by atoms with Gasteiger partial charge < -0.3 is 11.1 Å². The van der Waals surface area contributed by atoms with E-state index in [4.69, 9.17) is 5.73 Å². The maximum absolute atomic E-state index is 12.0.